The van der Waals surface area contributed by atoms with Gasteiger partial charge in [-0.1, -0.05) is 52.9 Å². The topological polar surface area (TPSA) is 87.7 Å². The molecule has 0 aliphatic carbocycles. The number of aromatic nitrogens is 3. The number of aromatic amines is 1. The van der Waals surface area contributed by atoms with Crippen LogP contribution in [0.2, 0.25) is 5.02 Å². The maximum atomic E-state index is 12.4. The zero-order valence-corrected chi connectivity index (χ0v) is 18.3. The summed E-state index contributed by atoms with van der Waals surface area (Å²) in [5.41, 5.74) is 3.11. The molecule has 0 unspecified atom stereocenters. The SMILES string of the molecule is Cc1ccc2nc(NC(=O)Cc3cc(=O)[nH]c(SCc4cccc(Cl)c4)n3)sc2c1. The third kappa shape index (κ3) is 5.27. The van der Waals surface area contributed by atoms with Crippen molar-refractivity contribution in [2.45, 2.75) is 24.3 Å². The Balaban J connectivity index is 1.43. The Hall–Kier alpha value is -2.68. The van der Waals surface area contributed by atoms with Crippen molar-refractivity contribution in [1.82, 2.24) is 15.0 Å². The standard InChI is InChI=1S/C21H17ClN4O2S2/c1-12-5-6-16-17(7-12)30-21(24-16)26-19(28)10-15-9-18(27)25-20(23-15)29-11-13-3-2-4-14(22)8-13/h2-9H,10-11H2,1H3,(H,23,25,27)(H,24,26,28). The van der Waals surface area contributed by atoms with Crippen molar-refractivity contribution in [2.75, 3.05) is 5.32 Å². The van der Waals surface area contributed by atoms with Gasteiger partial charge in [-0.3, -0.25) is 9.59 Å². The second-order valence-electron chi connectivity index (χ2n) is 6.68. The predicted octanol–water partition coefficient (Wildman–Crippen LogP) is 4.81. The summed E-state index contributed by atoms with van der Waals surface area (Å²) in [4.78, 5) is 36.0. The Morgan fingerprint density at radius 1 is 1.20 bits per heavy atom. The summed E-state index contributed by atoms with van der Waals surface area (Å²) < 4.78 is 1.01. The molecule has 0 atom stereocenters. The first-order valence-electron chi connectivity index (χ1n) is 9.09. The molecule has 6 nitrogen and oxygen atoms in total. The van der Waals surface area contributed by atoms with E-state index in [2.05, 4.69) is 20.3 Å². The minimum atomic E-state index is -0.295. The minimum Gasteiger partial charge on any atom is -0.302 e. The molecule has 9 heteroatoms. The number of thioether (sulfide) groups is 1. The lowest BCUT2D eigenvalue weighted by Gasteiger charge is -2.05. The number of anilines is 1. The van der Waals surface area contributed by atoms with E-state index in [1.807, 2.05) is 49.4 Å². The van der Waals surface area contributed by atoms with E-state index in [0.29, 0.717) is 26.8 Å². The molecule has 0 fully saturated rings. The fourth-order valence-electron chi connectivity index (χ4n) is 2.83. The molecule has 1 amide bonds. The van der Waals surface area contributed by atoms with Crippen molar-refractivity contribution in [2.24, 2.45) is 0 Å². The highest BCUT2D eigenvalue weighted by Crippen LogP contribution is 2.27. The summed E-state index contributed by atoms with van der Waals surface area (Å²) in [7, 11) is 0. The largest absolute Gasteiger partial charge is 0.302 e. The molecule has 30 heavy (non-hydrogen) atoms. The monoisotopic (exact) mass is 456 g/mol. The first-order valence-corrected chi connectivity index (χ1v) is 11.3. The summed E-state index contributed by atoms with van der Waals surface area (Å²) in [6.07, 6.45) is -0.0103. The van der Waals surface area contributed by atoms with Crippen LogP contribution in [0.4, 0.5) is 5.13 Å². The Kier molecular flexibility index (Phi) is 6.17. The Bertz CT molecular complexity index is 1290. The molecule has 4 aromatic rings. The molecule has 0 radical (unpaired) electrons. The number of benzene rings is 2. The van der Waals surface area contributed by atoms with Gasteiger partial charge in [-0.05, 0) is 42.3 Å². The fraction of sp³-hybridized carbons (Fsp3) is 0.143. The van der Waals surface area contributed by atoms with Crippen molar-refractivity contribution in [3.05, 3.63) is 80.7 Å². The molecular formula is C21H17ClN4O2S2. The van der Waals surface area contributed by atoms with Crippen LogP contribution in [-0.2, 0) is 17.0 Å². The lowest BCUT2D eigenvalue weighted by atomic mass is 10.2. The number of nitrogens with one attached hydrogen (secondary N) is 2. The van der Waals surface area contributed by atoms with Crippen LogP contribution in [0.1, 0.15) is 16.8 Å². The number of nitrogens with zero attached hydrogens (tertiary/aromatic N) is 2. The molecular weight excluding hydrogens is 440 g/mol. The molecule has 0 saturated carbocycles. The van der Waals surface area contributed by atoms with Crippen LogP contribution in [0.25, 0.3) is 10.2 Å². The summed E-state index contributed by atoms with van der Waals surface area (Å²) in [5, 5.41) is 4.44. The number of amides is 1. The number of carbonyl (C=O) groups is 1. The summed E-state index contributed by atoms with van der Waals surface area (Å²) in [6.45, 7) is 2.01. The van der Waals surface area contributed by atoms with E-state index in [0.717, 1.165) is 21.3 Å². The molecule has 0 aliphatic heterocycles. The molecule has 2 aromatic carbocycles. The summed E-state index contributed by atoms with van der Waals surface area (Å²) >= 11 is 8.80. The minimum absolute atomic E-state index is 0.0103. The third-order valence-electron chi connectivity index (χ3n) is 4.17. The van der Waals surface area contributed by atoms with E-state index in [-0.39, 0.29) is 17.9 Å². The number of rotatable bonds is 6. The van der Waals surface area contributed by atoms with Gasteiger partial charge in [0, 0.05) is 16.8 Å². The number of hydrogen-bond acceptors (Lipinski definition) is 6. The van der Waals surface area contributed by atoms with Crippen LogP contribution in [0.5, 0.6) is 0 Å². The number of H-pyrrole nitrogens is 1. The van der Waals surface area contributed by atoms with E-state index in [1.54, 1.807) is 0 Å². The second-order valence-corrected chi connectivity index (χ2v) is 9.11. The third-order valence-corrected chi connectivity index (χ3v) is 6.28. The Labute approximate surface area is 185 Å². The van der Waals surface area contributed by atoms with Gasteiger partial charge in [-0.15, -0.1) is 0 Å². The van der Waals surface area contributed by atoms with Crippen LogP contribution in [0, 0.1) is 6.92 Å². The first kappa shape index (κ1) is 20.6. The van der Waals surface area contributed by atoms with Gasteiger partial charge in [0.2, 0.25) is 5.91 Å². The number of halogens is 1. The molecule has 0 spiro atoms. The van der Waals surface area contributed by atoms with Gasteiger partial charge in [0.05, 0.1) is 22.3 Å². The van der Waals surface area contributed by atoms with E-state index < -0.39 is 0 Å². The quantitative estimate of drug-likeness (QED) is 0.321. The molecule has 2 N–H and O–H groups in total. The van der Waals surface area contributed by atoms with E-state index >= 15 is 0 Å². The van der Waals surface area contributed by atoms with Gasteiger partial charge in [-0.25, -0.2) is 9.97 Å². The van der Waals surface area contributed by atoms with Crippen LogP contribution in [-0.4, -0.2) is 20.9 Å². The average molecular weight is 457 g/mol. The molecule has 0 saturated heterocycles. The smallest absolute Gasteiger partial charge is 0.251 e. The van der Waals surface area contributed by atoms with Crippen LogP contribution < -0.4 is 10.9 Å². The maximum absolute atomic E-state index is 12.4. The van der Waals surface area contributed by atoms with Gasteiger partial charge in [0.15, 0.2) is 10.3 Å². The molecule has 152 valence electrons. The van der Waals surface area contributed by atoms with Gasteiger partial charge in [0.1, 0.15) is 0 Å². The van der Waals surface area contributed by atoms with Crippen molar-refractivity contribution >= 4 is 56.0 Å². The second kappa shape index (κ2) is 8.99. The number of fused-ring (bicyclic) bond motifs is 1. The molecule has 2 aromatic heterocycles. The zero-order chi connectivity index (χ0) is 21.1. The van der Waals surface area contributed by atoms with Crippen LogP contribution >= 0.6 is 34.7 Å². The van der Waals surface area contributed by atoms with Crippen molar-refractivity contribution in [1.29, 1.82) is 0 Å². The Morgan fingerprint density at radius 2 is 2.07 bits per heavy atom. The zero-order valence-electron chi connectivity index (χ0n) is 15.9. The maximum Gasteiger partial charge on any atom is 0.251 e. The molecule has 0 bridgehead atoms. The normalized spacial score (nSPS) is 11.0. The number of aryl methyl sites for hydroxylation is 1. The molecule has 4 rings (SSSR count). The van der Waals surface area contributed by atoms with Gasteiger partial charge in [0.25, 0.3) is 5.56 Å². The highest BCUT2D eigenvalue weighted by Gasteiger charge is 2.11. The molecule has 2 heterocycles. The van der Waals surface area contributed by atoms with Crippen LogP contribution in [0.15, 0.2) is 58.5 Å². The lowest BCUT2D eigenvalue weighted by molar-refractivity contribution is -0.115. The van der Waals surface area contributed by atoms with Gasteiger partial charge in [-0.2, -0.15) is 0 Å². The number of thiazole rings is 1. The van der Waals surface area contributed by atoms with Gasteiger partial charge >= 0.3 is 0 Å². The van der Waals surface area contributed by atoms with Gasteiger partial charge < -0.3 is 10.3 Å². The average Bonchev–Trinajstić information content (AvgIpc) is 3.07. The fourth-order valence-corrected chi connectivity index (χ4v) is 4.86. The predicted molar refractivity (Wildman–Crippen MR) is 123 cm³/mol. The van der Waals surface area contributed by atoms with E-state index in [4.69, 9.17) is 11.6 Å². The van der Waals surface area contributed by atoms with E-state index in [1.165, 1.54) is 29.2 Å². The number of hydrogen-bond donors (Lipinski definition) is 2. The highest BCUT2D eigenvalue weighted by molar-refractivity contribution is 7.98. The Morgan fingerprint density at radius 3 is 2.90 bits per heavy atom. The van der Waals surface area contributed by atoms with Crippen molar-refractivity contribution in [3.63, 3.8) is 0 Å². The number of carbonyl (C=O) groups excluding carboxylic acids is 1. The van der Waals surface area contributed by atoms with Crippen molar-refractivity contribution in [3.8, 4) is 0 Å². The summed E-state index contributed by atoms with van der Waals surface area (Å²) in [5.74, 6) is 0.333. The highest BCUT2D eigenvalue weighted by atomic mass is 35.5. The summed E-state index contributed by atoms with van der Waals surface area (Å²) in [6, 6.07) is 14.8. The molecule has 0 aliphatic rings. The van der Waals surface area contributed by atoms with E-state index in [9.17, 15) is 9.59 Å². The van der Waals surface area contributed by atoms with Crippen molar-refractivity contribution < 1.29 is 4.79 Å². The lowest BCUT2D eigenvalue weighted by Crippen LogP contribution is -2.18. The van der Waals surface area contributed by atoms with Crippen LogP contribution in [0.3, 0.4) is 0 Å². The first-order chi connectivity index (χ1) is 14.4.